The number of carbonyl (C=O) groups excluding carboxylic acids is 2. The molecule has 1 fully saturated rings. The zero-order valence-electron chi connectivity index (χ0n) is 19.2. The van der Waals surface area contributed by atoms with E-state index in [0.29, 0.717) is 19.3 Å². The normalized spacial score (nSPS) is 17.3. The molecule has 4 rings (SSSR count). The van der Waals surface area contributed by atoms with Crippen molar-refractivity contribution in [3.05, 3.63) is 59.7 Å². The van der Waals surface area contributed by atoms with Crippen LogP contribution in [0, 0.1) is 5.92 Å². The Morgan fingerprint density at radius 2 is 1.64 bits per heavy atom. The molecule has 0 saturated heterocycles. The van der Waals surface area contributed by atoms with Gasteiger partial charge in [-0.2, -0.15) is 0 Å². The summed E-state index contributed by atoms with van der Waals surface area (Å²) in [6.45, 7) is 3.94. The van der Waals surface area contributed by atoms with E-state index in [2.05, 4.69) is 17.4 Å². The van der Waals surface area contributed by atoms with Crippen LogP contribution >= 0.6 is 0 Å². The van der Waals surface area contributed by atoms with Crippen LogP contribution in [0.15, 0.2) is 48.5 Å². The van der Waals surface area contributed by atoms with E-state index in [9.17, 15) is 19.5 Å². The van der Waals surface area contributed by atoms with Crippen LogP contribution in [0.4, 0.5) is 4.79 Å². The van der Waals surface area contributed by atoms with Gasteiger partial charge in [-0.3, -0.25) is 4.79 Å². The maximum Gasteiger partial charge on any atom is 0.407 e. The number of nitrogens with zero attached hydrogens (tertiary/aromatic N) is 1. The van der Waals surface area contributed by atoms with Crippen LogP contribution in [0.1, 0.15) is 50.2 Å². The molecule has 0 radical (unpaired) electrons. The number of carbonyl (C=O) groups is 3. The van der Waals surface area contributed by atoms with E-state index < -0.39 is 29.6 Å². The van der Waals surface area contributed by atoms with Crippen LogP contribution in [0.2, 0.25) is 0 Å². The molecule has 7 nitrogen and oxygen atoms in total. The first-order valence-corrected chi connectivity index (χ1v) is 11.4. The van der Waals surface area contributed by atoms with Gasteiger partial charge in [0.1, 0.15) is 18.2 Å². The van der Waals surface area contributed by atoms with E-state index in [0.717, 1.165) is 22.3 Å². The summed E-state index contributed by atoms with van der Waals surface area (Å²) < 4.78 is 5.61. The summed E-state index contributed by atoms with van der Waals surface area (Å²) in [5.74, 6) is -1.67. The number of likely N-dealkylation sites (N-methyl/N-ethyl adjacent to an activating group) is 1. The van der Waals surface area contributed by atoms with Gasteiger partial charge >= 0.3 is 12.1 Å². The lowest BCUT2D eigenvalue weighted by molar-refractivity contribution is -0.152. The molecular weight excluding hydrogens is 420 g/mol. The number of benzene rings is 2. The fourth-order valence-corrected chi connectivity index (χ4v) is 4.68. The van der Waals surface area contributed by atoms with Gasteiger partial charge in [-0.05, 0) is 41.0 Å². The molecule has 0 aliphatic heterocycles. The molecule has 0 aromatic heterocycles. The van der Waals surface area contributed by atoms with Crippen molar-refractivity contribution in [2.24, 2.45) is 5.92 Å². The smallest absolute Gasteiger partial charge is 0.407 e. The van der Waals surface area contributed by atoms with Gasteiger partial charge < -0.3 is 20.1 Å². The van der Waals surface area contributed by atoms with E-state index in [1.807, 2.05) is 50.2 Å². The minimum absolute atomic E-state index is 0.0784. The third kappa shape index (κ3) is 4.08. The molecule has 2 aliphatic rings. The van der Waals surface area contributed by atoms with Crippen LogP contribution < -0.4 is 5.32 Å². The van der Waals surface area contributed by atoms with Crippen LogP contribution in [-0.2, 0) is 14.3 Å². The van der Waals surface area contributed by atoms with Crippen LogP contribution in [-0.4, -0.2) is 53.2 Å². The summed E-state index contributed by atoms with van der Waals surface area (Å²) in [6.07, 6.45) is 0.809. The Morgan fingerprint density at radius 3 is 2.12 bits per heavy atom. The Bertz CT molecular complexity index is 1030. The Labute approximate surface area is 193 Å². The Morgan fingerprint density at radius 1 is 1.09 bits per heavy atom. The molecule has 2 unspecified atom stereocenters. The number of carboxylic acids is 1. The Balaban J connectivity index is 1.46. The van der Waals surface area contributed by atoms with Crippen LogP contribution in [0.3, 0.4) is 0 Å². The third-order valence-corrected chi connectivity index (χ3v) is 7.19. The summed E-state index contributed by atoms with van der Waals surface area (Å²) in [5.41, 5.74) is 3.33. The fourth-order valence-electron chi connectivity index (χ4n) is 4.68. The highest BCUT2D eigenvalue weighted by Gasteiger charge is 2.56. The number of rotatable bonds is 8. The summed E-state index contributed by atoms with van der Waals surface area (Å²) in [4.78, 5) is 38.8. The first-order valence-electron chi connectivity index (χ1n) is 11.4. The van der Waals surface area contributed by atoms with E-state index >= 15 is 0 Å². The maximum atomic E-state index is 13.2. The van der Waals surface area contributed by atoms with Gasteiger partial charge in [0, 0.05) is 13.0 Å². The molecule has 2 atom stereocenters. The summed E-state index contributed by atoms with van der Waals surface area (Å²) in [5, 5.41) is 12.3. The molecule has 0 spiro atoms. The molecule has 2 aromatic carbocycles. The molecule has 2 aliphatic carbocycles. The van der Waals surface area contributed by atoms with Crippen molar-refractivity contribution in [1.29, 1.82) is 0 Å². The summed E-state index contributed by atoms with van der Waals surface area (Å²) in [7, 11) is 1.50. The quantitative estimate of drug-likeness (QED) is 0.633. The number of hydrogen-bond donors (Lipinski definition) is 2. The van der Waals surface area contributed by atoms with Gasteiger partial charge in [-0.25, -0.2) is 9.59 Å². The van der Waals surface area contributed by atoms with Gasteiger partial charge in [-0.15, -0.1) is 0 Å². The summed E-state index contributed by atoms with van der Waals surface area (Å²) in [6, 6.07) is 15.3. The molecule has 7 heteroatoms. The molecule has 2 amide bonds. The predicted molar refractivity (Wildman–Crippen MR) is 124 cm³/mol. The highest BCUT2D eigenvalue weighted by molar-refractivity contribution is 5.93. The Kier molecular flexibility index (Phi) is 6.15. The lowest BCUT2D eigenvalue weighted by atomic mass is 9.97. The number of nitrogens with one attached hydrogen (secondary N) is 1. The zero-order chi connectivity index (χ0) is 23.8. The monoisotopic (exact) mass is 450 g/mol. The first kappa shape index (κ1) is 22.8. The number of carboxylic acid groups (broad SMARTS) is 1. The molecule has 33 heavy (non-hydrogen) atoms. The van der Waals surface area contributed by atoms with Gasteiger partial charge in [0.05, 0.1) is 0 Å². The zero-order valence-corrected chi connectivity index (χ0v) is 19.2. The predicted octanol–water partition coefficient (Wildman–Crippen LogP) is 4.02. The number of aliphatic carboxylic acids is 1. The maximum absolute atomic E-state index is 13.2. The minimum atomic E-state index is -1.16. The number of amides is 2. The van der Waals surface area contributed by atoms with Gasteiger partial charge in [-0.1, -0.05) is 68.8 Å². The SMILES string of the molecule is CCC(C)C(NC(=O)OCC1c2ccccc2-c2ccccc21)C(=O)N(C)C1(C(=O)O)CC1. The average Bonchev–Trinajstić information content (AvgIpc) is 3.58. The van der Waals surface area contributed by atoms with Crippen molar-refractivity contribution in [3.8, 4) is 11.1 Å². The van der Waals surface area contributed by atoms with E-state index in [1.54, 1.807) is 0 Å². The highest BCUT2D eigenvalue weighted by Crippen LogP contribution is 2.44. The van der Waals surface area contributed by atoms with Crippen LogP contribution in [0.25, 0.3) is 11.1 Å². The second-order valence-electron chi connectivity index (χ2n) is 9.07. The molecule has 0 bridgehead atoms. The van der Waals surface area contributed by atoms with Gasteiger partial charge in [0.2, 0.25) is 5.91 Å². The van der Waals surface area contributed by atoms with E-state index in [4.69, 9.17) is 4.74 Å². The molecule has 1 saturated carbocycles. The van der Waals surface area contributed by atoms with Crippen molar-refractivity contribution < 1.29 is 24.2 Å². The second kappa shape index (κ2) is 8.89. The largest absolute Gasteiger partial charge is 0.479 e. The lowest BCUT2D eigenvalue weighted by Gasteiger charge is -2.31. The molecule has 2 aromatic rings. The number of ether oxygens (including phenoxy) is 1. The molecule has 0 heterocycles. The highest BCUT2D eigenvalue weighted by atomic mass is 16.5. The molecular formula is C26H30N2O5. The van der Waals surface area contributed by atoms with Crippen molar-refractivity contribution in [3.63, 3.8) is 0 Å². The lowest BCUT2D eigenvalue weighted by Crippen LogP contribution is -2.55. The number of alkyl carbamates (subject to hydrolysis) is 1. The first-order chi connectivity index (χ1) is 15.8. The third-order valence-electron chi connectivity index (χ3n) is 7.19. The average molecular weight is 451 g/mol. The number of hydrogen-bond acceptors (Lipinski definition) is 4. The van der Waals surface area contributed by atoms with Crippen molar-refractivity contribution in [2.45, 2.75) is 50.6 Å². The van der Waals surface area contributed by atoms with Gasteiger partial charge in [0.15, 0.2) is 0 Å². The summed E-state index contributed by atoms with van der Waals surface area (Å²) >= 11 is 0. The topological polar surface area (TPSA) is 95.9 Å². The van der Waals surface area contributed by atoms with Crippen LogP contribution in [0.5, 0.6) is 0 Å². The standard InChI is InChI=1S/C26H30N2O5/c1-4-16(2)22(23(29)28(3)26(13-14-26)24(30)31)27-25(32)33-15-21-19-11-7-5-9-17(19)18-10-6-8-12-20(18)21/h5-12,16,21-22H,4,13-15H2,1-3H3,(H,27,32)(H,30,31). The van der Waals surface area contributed by atoms with Gasteiger partial charge in [0.25, 0.3) is 0 Å². The van der Waals surface area contributed by atoms with E-state index in [1.165, 1.54) is 11.9 Å². The fraction of sp³-hybridized carbons (Fsp3) is 0.423. The van der Waals surface area contributed by atoms with Crippen molar-refractivity contribution in [2.75, 3.05) is 13.7 Å². The van der Waals surface area contributed by atoms with Crippen molar-refractivity contribution >= 4 is 18.0 Å². The molecule has 174 valence electrons. The second-order valence-corrected chi connectivity index (χ2v) is 9.07. The number of fused-ring (bicyclic) bond motifs is 3. The molecule has 2 N–H and O–H groups in total. The van der Waals surface area contributed by atoms with Crippen molar-refractivity contribution in [1.82, 2.24) is 10.2 Å². The minimum Gasteiger partial charge on any atom is -0.479 e. The van der Waals surface area contributed by atoms with E-state index in [-0.39, 0.29) is 18.4 Å². The Hall–Kier alpha value is -3.35.